The van der Waals surface area contributed by atoms with Crippen LogP contribution >= 0.6 is 11.6 Å². The molecule has 0 fully saturated rings. The Bertz CT molecular complexity index is 1010. The zero-order valence-corrected chi connectivity index (χ0v) is 17.0. The molecule has 0 saturated heterocycles. The zero-order chi connectivity index (χ0) is 21.5. The van der Waals surface area contributed by atoms with E-state index in [0.29, 0.717) is 22.6 Å². The first-order valence-electron chi connectivity index (χ1n) is 9.18. The summed E-state index contributed by atoms with van der Waals surface area (Å²) in [5, 5.41) is 1.80. The molecule has 1 atom stereocenters. The lowest BCUT2D eigenvalue weighted by Crippen LogP contribution is -2.26. The van der Waals surface area contributed by atoms with Crippen LogP contribution in [0.1, 0.15) is 22.1 Å². The van der Waals surface area contributed by atoms with E-state index >= 15 is 0 Å². The monoisotopic (exact) mass is 431 g/mol. The molecule has 0 aliphatic carbocycles. The number of rotatable bonds is 8. The van der Waals surface area contributed by atoms with Crippen molar-refractivity contribution in [2.45, 2.75) is 18.5 Å². The molecule has 3 aromatic carbocycles. The average Bonchev–Trinajstić information content (AvgIpc) is 2.77. The molecule has 0 bridgehead atoms. The van der Waals surface area contributed by atoms with Crippen LogP contribution in [0.4, 0.5) is 8.78 Å². The Morgan fingerprint density at radius 2 is 1.77 bits per heavy atom. The quantitative estimate of drug-likeness (QED) is 0.502. The molecule has 1 amide bonds. The van der Waals surface area contributed by atoms with Gasteiger partial charge in [0.25, 0.3) is 0 Å². The first kappa shape index (κ1) is 21.6. The summed E-state index contributed by atoms with van der Waals surface area (Å²) >= 11 is 6.16. The van der Waals surface area contributed by atoms with Gasteiger partial charge in [-0.05, 0) is 41.5 Å². The Kier molecular flexibility index (Phi) is 7.25. The van der Waals surface area contributed by atoms with Gasteiger partial charge in [0.05, 0.1) is 7.11 Å². The van der Waals surface area contributed by atoms with Crippen molar-refractivity contribution in [2.75, 3.05) is 7.11 Å². The number of alkyl halides is 1. The van der Waals surface area contributed by atoms with Crippen molar-refractivity contribution in [2.24, 2.45) is 0 Å². The molecule has 3 aromatic rings. The van der Waals surface area contributed by atoms with E-state index in [0.717, 1.165) is 5.56 Å². The summed E-state index contributed by atoms with van der Waals surface area (Å²) in [4.78, 5) is 12.3. The van der Waals surface area contributed by atoms with E-state index in [9.17, 15) is 13.6 Å². The number of amides is 1. The van der Waals surface area contributed by atoms with E-state index in [-0.39, 0.29) is 19.0 Å². The minimum absolute atomic E-state index is 0.0602. The predicted molar refractivity (Wildman–Crippen MR) is 111 cm³/mol. The van der Waals surface area contributed by atoms with Gasteiger partial charge in [-0.1, -0.05) is 36.4 Å². The molecule has 0 radical (unpaired) electrons. The van der Waals surface area contributed by atoms with E-state index < -0.39 is 17.1 Å². The van der Waals surface area contributed by atoms with E-state index in [1.54, 1.807) is 36.4 Å². The molecule has 0 aliphatic heterocycles. The number of ether oxygens (including phenoxy) is 2. The normalized spacial score (nSPS) is 11.6. The van der Waals surface area contributed by atoms with E-state index in [1.165, 1.54) is 37.4 Å². The summed E-state index contributed by atoms with van der Waals surface area (Å²) in [5.41, 5.74) is 1.70. The first-order chi connectivity index (χ1) is 14.5. The van der Waals surface area contributed by atoms with Gasteiger partial charge in [0.15, 0.2) is 11.5 Å². The molecule has 3 rings (SSSR count). The van der Waals surface area contributed by atoms with Crippen LogP contribution in [0.15, 0.2) is 66.7 Å². The minimum atomic E-state index is -0.934. The van der Waals surface area contributed by atoms with Gasteiger partial charge in [-0.3, -0.25) is 4.79 Å². The van der Waals surface area contributed by atoms with Crippen molar-refractivity contribution < 1.29 is 23.0 Å². The topological polar surface area (TPSA) is 47.6 Å². The first-order valence-corrected chi connectivity index (χ1v) is 9.62. The third kappa shape index (κ3) is 5.48. The Labute approximate surface area is 178 Å². The Balaban J connectivity index is 1.61. The molecule has 0 spiro atoms. The molecule has 0 heterocycles. The number of carbonyl (C=O) groups excluding carboxylic acids is 1. The summed E-state index contributed by atoms with van der Waals surface area (Å²) in [7, 11) is 1.50. The number of hydrogen-bond acceptors (Lipinski definition) is 3. The Hall–Kier alpha value is -3.12. The summed E-state index contributed by atoms with van der Waals surface area (Å²) in [5.74, 6) is -0.224. The second kappa shape index (κ2) is 10.1. The summed E-state index contributed by atoms with van der Waals surface area (Å²) < 4.78 is 37.8. The molecule has 7 heteroatoms. The predicted octanol–water partition coefficient (Wildman–Crippen LogP) is 5.15. The maximum atomic E-state index is 13.7. The molecule has 0 unspecified atom stereocenters. The second-order valence-corrected chi connectivity index (χ2v) is 6.93. The molecule has 156 valence electrons. The van der Waals surface area contributed by atoms with Crippen LogP contribution < -0.4 is 14.8 Å². The second-order valence-electron chi connectivity index (χ2n) is 6.50. The maximum absolute atomic E-state index is 13.7. The van der Waals surface area contributed by atoms with E-state index in [1.807, 2.05) is 0 Å². The molecule has 1 N–H and O–H groups in total. The lowest BCUT2D eigenvalue weighted by molar-refractivity contribution is -0.121. The highest BCUT2D eigenvalue weighted by molar-refractivity contribution is 6.30. The largest absolute Gasteiger partial charge is 0.493 e. The highest BCUT2D eigenvalue weighted by Gasteiger charge is 2.17. The molecule has 4 nitrogen and oxygen atoms in total. The standard InChI is InChI=1S/C23H20ClF2NO3/c1-29-21-12-15(6-11-20(21)30-14-17-4-2-3-5-19(17)26)13-27-23(28)22(24)16-7-9-18(25)10-8-16/h2-12,22H,13-14H2,1H3,(H,27,28)/t22-/m1/s1. The maximum Gasteiger partial charge on any atom is 0.242 e. The smallest absolute Gasteiger partial charge is 0.242 e. The van der Waals surface area contributed by atoms with Gasteiger partial charge in [0.2, 0.25) is 5.91 Å². The van der Waals surface area contributed by atoms with Crippen LogP contribution in [-0.2, 0) is 17.9 Å². The van der Waals surface area contributed by atoms with Gasteiger partial charge in [-0.25, -0.2) is 8.78 Å². The fraction of sp³-hybridized carbons (Fsp3) is 0.174. The van der Waals surface area contributed by atoms with Crippen molar-refractivity contribution >= 4 is 17.5 Å². The number of methoxy groups -OCH3 is 1. The van der Waals surface area contributed by atoms with Crippen molar-refractivity contribution in [3.05, 3.63) is 95.1 Å². The fourth-order valence-electron chi connectivity index (χ4n) is 2.77. The average molecular weight is 432 g/mol. The van der Waals surface area contributed by atoms with Gasteiger partial charge < -0.3 is 14.8 Å². The third-order valence-electron chi connectivity index (χ3n) is 4.43. The molecule has 30 heavy (non-hydrogen) atoms. The van der Waals surface area contributed by atoms with Crippen LogP contribution in [0.5, 0.6) is 11.5 Å². The third-order valence-corrected chi connectivity index (χ3v) is 4.88. The highest BCUT2D eigenvalue weighted by atomic mass is 35.5. The number of hydrogen-bond donors (Lipinski definition) is 1. The van der Waals surface area contributed by atoms with E-state index in [2.05, 4.69) is 5.32 Å². The van der Waals surface area contributed by atoms with Crippen LogP contribution in [0, 0.1) is 11.6 Å². The number of nitrogens with one attached hydrogen (secondary N) is 1. The Morgan fingerprint density at radius 3 is 2.47 bits per heavy atom. The molecule has 0 saturated carbocycles. The minimum Gasteiger partial charge on any atom is -0.493 e. The summed E-state index contributed by atoms with van der Waals surface area (Å²) in [6.07, 6.45) is 0. The van der Waals surface area contributed by atoms with Crippen LogP contribution in [-0.4, -0.2) is 13.0 Å². The van der Waals surface area contributed by atoms with Gasteiger partial charge in [0, 0.05) is 12.1 Å². The lowest BCUT2D eigenvalue weighted by atomic mass is 10.1. The van der Waals surface area contributed by atoms with Crippen LogP contribution in [0.25, 0.3) is 0 Å². The Morgan fingerprint density at radius 1 is 1.03 bits per heavy atom. The lowest BCUT2D eigenvalue weighted by Gasteiger charge is -2.14. The van der Waals surface area contributed by atoms with Crippen molar-refractivity contribution in [1.82, 2.24) is 5.32 Å². The number of halogens is 3. The SMILES string of the molecule is COc1cc(CNC(=O)[C@H](Cl)c2ccc(F)cc2)ccc1OCc1ccccc1F. The summed E-state index contributed by atoms with van der Waals surface area (Å²) in [6, 6.07) is 17.0. The number of carbonyl (C=O) groups is 1. The number of benzene rings is 3. The zero-order valence-electron chi connectivity index (χ0n) is 16.2. The molecular weight excluding hydrogens is 412 g/mol. The van der Waals surface area contributed by atoms with Crippen LogP contribution in [0.3, 0.4) is 0 Å². The fourth-order valence-corrected chi connectivity index (χ4v) is 3.00. The molecular formula is C23H20ClF2NO3. The highest BCUT2D eigenvalue weighted by Crippen LogP contribution is 2.29. The molecule has 0 aliphatic rings. The van der Waals surface area contributed by atoms with E-state index in [4.69, 9.17) is 21.1 Å². The summed E-state index contributed by atoms with van der Waals surface area (Å²) in [6.45, 7) is 0.276. The van der Waals surface area contributed by atoms with Crippen molar-refractivity contribution in [3.8, 4) is 11.5 Å². The van der Waals surface area contributed by atoms with Gasteiger partial charge in [-0.15, -0.1) is 11.6 Å². The van der Waals surface area contributed by atoms with Crippen molar-refractivity contribution in [3.63, 3.8) is 0 Å². The van der Waals surface area contributed by atoms with Gasteiger partial charge >= 0.3 is 0 Å². The van der Waals surface area contributed by atoms with Gasteiger partial charge in [-0.2, -0.15) is 0 Å². The van der Waals surface area contributed by atoms with Gasteiger partial charge in [0.1, 0.15) is 23.6 Å². The van der Waals surface area contributed by atoms with Crippen LogP contribution in [0.2, 0.25) is 0 Å². The molecule has 0 aromatic heterocycles. The van der Waals surface area contributed by atoms with Crippen molar-refractivity contribution in [1.29, 1.82) is 0 Å².